The lowest BCUT2D eigenvalue weighted by molar-refractivity contribution is -0.116. The number of carbonyl (C=O) groups is 1. The third kappa shape index (κ3) is 4.42. The summed E-state index contributed by atoms with van der Waals surface area (Å²) in [5.41, 5.74) is 1.63. The van der Waals surface area contributed by atoms with E-state index in [0.29, 0.717) is 23.3 Å². The minimum absolute atomic E-state index is 0.0722. The van der Waals surface area contributed by atoms with Gasteiger partial charge in [-0.2, -0.15) is 5.10 Å². The highest BCUT2D eigenvalue weighted by molar-refractivity contribution is 8.15. The van der Waals surface area contributed by atoms with Gasteiger partial charge in [0.15, 0.2) is 5.17 Å². The van der Waals surface area contributed by atoms with Gasteiger partial charge in [-0.1, -0.05) is 36.0 Å². The summed E-state index contributed by atoms with van der Waals surface area (Å²) in [4.78, 5) is 11.1. The molecule has 0 saturated carbocycles. The summed E-state index contributed by atoms with van der Waals surface area (Å²) in [5.74, 6) is 0.666. The van der Waals surface area contributed by atoms with Crippen molar-refractivity contribution in [3.05, 3.63) is 65.5 Å². The number of nitrogens with zero attached hydrogens (tertiary/aromatic N) is 2. The van der Waals surface area contributed by atoms with Crippen LogP contribution in [0.25, 0.3) is 0 Å². The van der Waals surface area contributed by atoms with Crippen molar-refractivity contribution >= 4 is 29.1 Å². The molecule has 2 aromatic carbocycles. The Kier molecular flexibility index (Phi) is 5.22. The monoisotopic (exact) mass is 343 g/mol. The molecule has 1 N–H and O–H groups in total. The first-order chi connectivity index (χ1) is 11.7. The second-order valence-corrected chi connectivity index (χ2v) is 5.90. The molecule has 0 atom stereocenters. The van der Waals surface area contributed by atoms with Crippen molar-refractivity contribution in [1.29, 1.82) is 0 Å². The average molecular weight is 343 g/mol. The normalized spacial score (nSPS) is 15.9. The fourth-order valence-electron chi connectivity index (χ4n) is 1.98. The Morgan fingerprint density at radius 3 is 2.75 bits per heavy atom. The molecular formula is C17H14FN3O2S. The predicted octanol–water partition coefficient (Wildman–Crippen LogP) is 2.96. The van der Waals surface area contributed by atoms with Gasteiger partial charge in [0.2, 0.25) is 5.91 Å². The number of amides is 1. The first-order valence-electron chi connectivity index (χ1n) is 7.21. The van der Waals surface area contributed by atoms with E-state index < -0.39 is 0 Å². The molecule has 1 heterocycles. The lowest BCUT2D eigenvalue weighted by Crippen LogP contribution is -2.19. The first-order valence-corrected chi connectivity index (χ1v) is 8.19. The van der Waals surface area contributed by atoms with E-state index in [1.807, 2.05) is 24.3 Å². The van der Waals surface area contributed by atoms with Gasteiger partial charge in [-0.15, -0.1) is 5.10 Å². The molecule has 7 heteroatoms. The first kappa shape index (κ1) is 16.2. The fourth-order valence-corrected chi connectivity index (χ4v) is 2.61. The zero-order valence-corrected chi connectivity index (χ0v) is 13.4. The highest BCUT2D eigenvalue weighted by Crippen LogP contribution is 2.18. The van der Waals surface area contributed by atoms with Crippen LogP contribution in [0.2, 0.25) is 0 Å². The van der Waals surface area contributed by atoms with E-state index in [4.69, 9.17) is 4.74 Å². The number of nitrogens with one attached hydrogen (secondary N) is 1. The van der Waals surface area contributed by atoms with Gasteiger partial charge in [0.1, 0.15) is 18.2 Å². The van der Waals surface area contributed by atoms with Crippen LogP contribution >= 0.6 is 11.8 Å². The van der Waals surface area contributed by atoms with Gasteiger partial charge in [-0.3, -0.25) is 4.79 Å². The Balaban J connectivity index is 1.66. The van der Waals surface area contributed by atoms with Crippen molar-refractivity contribution < 1.29 is 13.9 Å². The second-order valence-electron chi connectivity index (χ2n) is 4.94. The number of halogens is 1. The molecule has 0 unspecified atom stereocenters. The van der Waals surface area contributed by atoms with Crippen LogP contribution in [0.4, 0.5) is 4.39 Å². The number of para-hydroxylation sites is 1. The largest absolute Gasteiger partial charge is 0.488 e. The molecule has 1 aliphatic heterocycles. The van der Waals surface area contributed by atoms with Crippen LogP contribution in [-0.2, 0) is 11.4 Å². The van der Waals surface area contributed by atoms with Gasteiger partial charge in [0, 0.05) is 5.56 Å². The van der Waals surface area contributed by atoms with Crippen LogP contribution in [0.3, 0.4) is 0 Å². The van der Waals surface area contributed by atoms with Gasteiger partial charge in [-0.05, 0) is 29.8 Å². The Bertz CT molecular complexity index is 791. The summed E-state index contributed by atoms with van der Waals surface area (Å²) in [7, 11) is 0. The number of rotatable bonds is 5. The zero-order valence-electron chi connectivity index (χ0n) is 12.6. The van der Waals surface area contributed by atoms with E-state index in [-0.39, 0.29) is 11.7 Å². The van der Waals surface area contributed by atoms with Crippen LogP contribution in [0.5, 0.6) is 5.75 Å². The second kappa shape index (κ2) is 7.74. The zero-order chi connectivity index (χ0) is 16.8. The van der Waals surface area contributed by atoms with Gasteiger partial charge in [0.25, 0.3) is 0 Å². The summed E-state index contributed by atoms with van der Waals surface area (Å²) in [5, 5.41) is 11.0. The van der Waals surface area contributed by atoms with E-state index in [9.17, 15) is 9.18 Å². The molecule has 1 fully saturated rings. The van der Waals surface area contributed by atoms with E-state index in [1.165, 1.54) is 23.9 Å². The number of benzene rings is 2. The Hall–Kier alpha value is -2.67. The van der Waals surface area contributed by atoms with Crippen LogP contribution in [0, 0.1) is 5.82 Å². The van der Waals surface area contributed by atoms with Crippen LogP contribution < -0.4 is 10.1 Å². The quantitative estimate of drug-likeness (QED) is 0.671. The van der Waals surface area contributed by atoms with Crippen molar-refractivity contribution in [3.63, 3.8) is 0 Å². The molecule has 24 heavy (non-hydrogen) atoms. The number of amidine groups is 1. The average Bonchev–Trinajstić information content (AvgIpc) is 3.01. The molecule has 5 nitrogen and oxygen atoms in total. The molecule has 1 aliphatic rings. The van der Waals surface area contributed by atoms with Crippen LogP contribution in [0.1, 0.15) is 11.1 Å². The maximum Gasteiger partial charge on any atom is 0.236 e. The van der Waals surface area contributed by atoms with Crippen molar-refractivity contribution in [3.8, 4) is 5.75 Å². The molecule has 1 amide bonds. The summed E-state index contributed by atoms with van der Waals surface area (Å²) in [6.07, 6.45) is 1.57. The number of hydrogen-bond donors (Lipinski definition) is 1. The molecule has 1 saturated heterocycles. The van der Waals surface area contributed by atoms with Crippen molar-refractivity contribution in [2.75, 3.05) is 5.75 Å². The highest BCUT2D eigenvalue weighted by atomic mass is 32.2. The SMILES string of the molecule is O=C1CSC(=N/N=C/c2ccccc2OCc2ccc(F)cc2)N1. The van der Waals surface area contributed by atoms with Gasteiger partial charge in [-0.25, -0.2) is 4.39 Å². The predicted molar refractivity (Wildman–Crippen MR) is 92.8 cm³/mol. The minimum atomic E-state index is -0.276. The maximum absolute atomic E-state index is 12.9. The lowest BCUT2D eigenvalue weighted by atomic mass is 10.2. The molecule has 0 radical (unpaired) electrons. The molecule has 0 spiro atoms. The van der Waals surface area contributed by atoms with Crippen LogP contribution in [0.15, 0.2) is 58.7 Å². The summed E-state index contributed by atoms with van der Waals surface area (Å²) in [6, 6.07) is 13.6. The molecule has 122 valence electrons. The van der Waals surface area contributed by atoms with Gasteiger partial charge >= 0.3 is 0 Å². The molecule has 3 rings (SSSR count). The van der Waals surface area contributed by atoms with Gasteiger partial charge in [0.05, 0.1) is 12.0 Å². The standard InChI is InChI=1S/C17H14FN3O2S/c18-14-7-5-12(6-8-14)10-23-15-4-2-1-3-13(15)9-19-21-17-20-16(22)11-24-17/h1-9H,10-11H2,(H,20,21,22)/b19-9+. The molecule has 2 aromatic rings. The third-order valence-electron chi connectivity index (χ3n) is 3.16. The lowest BCUT2D eigenvalue weighted by Gasteiger charge is -2.08. The molecular weight excluding hydrogens is 329 g/mol. The summed E-state index contributed by atoms with van der Waals surface area (Å²) in [6.45, 7) is 0.325. The van der Waals surface area contributed by atoms with E-state index >= 15 is 0 Å². The molecule has 0 aromatic heterocycles. The topological polar surface area (TPSA) is 63.0 Å². The van der Waals surface area contributed by atoms with Gasteiger partial charge < -0.3 is 10.1 Å². The number of carbonyl (C=O) groups excluding carboxylic acids is 1. The minimum Gasteiger partial charge on any atom is -0.488 e. The van der Waals surface area contributed by atoms with E-state index in [1.54, 1.807) is 18.3 Å². The Morgan fingerprint density at radius 1 is 1.21 bits per heavy atom. The van der Waals surface area contributed by atoms with E-state index in [2.05, 4.69) is 15.5 Å². The Labute approximate surface area is 142 Å². The number of hydrogen-bond acceptors (Lipinski definition) is 5. The summed E-state index contributed by atoms with van der Waals surface area (Å²) >= 11 is 1.31. The van der Waals surface area contributed by atoms with Crippen LogP contribution in [-0.4, -0.2) is 23.0 Å². The highest BCUT2D eigenvalue weighted by Gasteiger charge is 2.15. The van der Waals surface area contributed by atoms with Crippen molar-refractivity contribution in [2.24, 2.45) is 10.2 Å². The smallest absolute Gasteiger partial charge is 0.236 e. The van der Waals surface area contributed by atoms with E-state index in [0.717, 1.165) is 11.1 Å². The maximum atomic E-state index is 12.9. The number of ether oxygens (including phenoxy) is 1. The van der Waals surface area contributed by atoms with Crippen molar-refractivity contribution in [2.45, 2.75) is 6.61 Å². The number of thioether (sulfide) groups is 1. The molecule has 0 aliphatic carbocycles. The van der Waals surface area contributed by atoms with Crippen molar-refractivity contribution in [1.82, 2.24) is 5.32 Å². The fraction of sp³-hybridized carbons (Fsp3) is 0.118. The Morgan fingerprint density at radius 2 is 2.00 bits per heavy atom. The third-order valence-corrected chi connectivity index (χ3v) is 4.02. The summed E-state index contributed by atoms with van der Waals surface area (Å²) < 4.78 is 18.7. The molecule has 0 bridgehead atoms.